The second-order valence-corrected chi connectivity index (χ2v) is 10.9. The minimum Gasteiger partial charge on any atom is -0.288 e. The zero-order valence-corrected chi connectivity index (χ0v) is 15.5. The summed E-state index contributed by atoms with van der Waals surface area (Å²) in [5.74, 6) is 5.81. The molecule has 0 aliphatic heterocycles. The fraction of sp³-hybridized carbons (Fsp3) is 0.750. The maximum atomic E-state index is 13.3. The average Bonchev–Trinajstić information content (AvgIpc) is 2.59. The fourth-order valence-corrected chi connectivity index (χ4v) is 9.12. The van der Waals surface area contributed by atoms with Gasteiger partial charge in [-0.05, 0) is 123 Å². The molecule has 8 saturated carbocycles. The molecule has 8 fully saturated rings. The molecule has 0 atom stereocenters. The molecule has 2 heteroatoms. The van der Waals surface area contributed by atoms with Crippen molar-refractivity contribution in [1.29, 1.82) is 0 Å². The molecular formula is C24H28O2. The van der Waals surface area contributed by atoms with E-state index in [0.717, 1.165) is 23.7 Å². The van der Waals surface area contributed by atoms with Crippen LogP contribution in [-0.4, -0.2) is 0 Å². The smallest absolute Gasteiger partial charge is 0.200 e. The highest BCUT2D eigenvalue weighted by Gasteiger charge is 2.48. The molecule has 26 heavy (non-hydrogen) atoms. The van der Waals surface area contributed by atoms with E-state index >= 15 is 0 Å². The highest BCUT2D eigenvalue weighted by Crippen LogP contribution is 2.57. The van der Waals surface area contributed by atoms with Crippen molar-refractivity contribution >= 4 is 11.1 Å². The van der Waals surface area contributed by atoms with Gasteiger partial charge in [0.05, 0.1) is 10.4 Å². The molecule has 1 aromatic rings. The third-order valence-corrected chi connectivity index (χ3v) is 9.52. The Hall–Kier alpha value is -1.18. The summed E-state index contributed by atoms with van der Waals surface area (Å²) in [6, 6.07) is 0. The Labute approximate surface area is 154 Å². The van der Waals surface area contributed by atoms with Crippen LogP contribution in [-0.2, 0) is 0 Å². The number of rotatable bonds is 0. The molecule has 0 heterocycles. The summed E-state index contributed by atoms with van der Waals surface area (Å²) in [7, 11) is 0. The molecule has 0 amide bonds. The van der Waals surface area contributed by atoms with Gasteiger partial charge in [0.1, 0.15) is 0 Å². The van der Waals surface area contributed by atoms with Crippen LogP contribution in [0.25, 0.3) is 11.1 Å². The Morgan fingerprint density at radius 1 is 0.423 bits per heavy atom. The van der Waals surface area contributed by atoms with E-state index in [4.69, 9.17) is 0 Å². The highest BCUT2D eigenvalue weighted by atomic mass is 16.1. The normalized spacial score (nSPS) is 48.2. The summed E-state index contributed by atoms with van der Waals surface area (Å²) in [5.41, 5.74) is 3.03. The molecule has 0 unspecified atom stereocenters. The van der Waals surface area contributed by atoms with Crippen LogP contribution in [0.1, 0.15) is 64.2 Å². The monoisotopic (exact) mass is 348 g/mol. The molecule has 0 radical (unpaired) electrons. The lowest BCUT2D eigenvalue weighted by Gasteiger charge is -2.52. The predicted molar refractivity (Wildman–Crippen MR) is 102 cm³/mol. The zero-order valence-electron chi connectivity index (χ0n) is 15.5. The molecular weight excluding hydrogens is 320 g/mol. The van der Waals surface area contributed by atoms with Crippen LogP contribution in [0.15, 0.2) is 9.59 Å². The molecule has 8 bridgehead atoms. The van der Waals surface area contributed by atoms with Crippen LogP contribution in [0, 0.1) is 47.3 Å². The Morgan fingerprint density at radius 3 is 0.962 bits per heavy atom. The molecule has 0 N–H and O–H groups in total. The largest absolute Gasteiger partial charge is 0.288 e. The van der Waals surface area contributed by atoms with Gasteiger partial charge < -0.3 is 0 Å². The van der Waals surface area contributed by atoms with E-state index in [9.17, 15) is 9.59 Å². The van der Waals surface area contributed by atoms with Gasteiger partial charge in [0.25, 0.3) is 0 Å². The van der Waals surface area contributed by atoms with E-state index < -0.39 is 0 Å². The van der Waals surface area contributed by atoms with Crippen LogP contribution in [0.5, 0.6) is 0 Å². The lowest BCUT2D eigenvalue weighted by atomic mass is 9.53. The Bertz CT molecular complexity index is 834. The first-order valence-electron chi connectivity index (χ1n) is 11.2. The minimum atomic E-state index is 0.181. The average molecular weight is 348 g/mol. The maximum Gasteiger partial charge on any atom is 0.200 e. The summed E-state index contributed by atoms with van der Waals surface area (Å²) >= 11 is 0. The second kappa shape index (κ2) is 4.80. The number of hydrogen-bond donors (Lipinski definition) is 0. The van der Waals surface area contributed by atoms with E-state index in [0.29, 0.717) is 34.1 Å². The predicted octanol–water partition coefficient (Wildman–Crippen LogP) is 2.50. The number of hydrogen-bond acceptors (Lipinski definition) is 2. The Morgan fingerprint density at radius 2 is 0.692 bits per heavy atom. The van der Waals surface area contributed by atoms with E-state index in [1.165, 1.54) is 75.4 Å². The molecule has 1 aromatic carbocycles. The van der Waals surface area contributed by atoms with Crippen molar-refractivity contribution in [2.45, 2.75) is 64.2 Å². The van der Waals surface area contributed by atoms with Crippen molar-refractivity contribution in [2.75, 3.05) is 0 Å². The SMILES string of the molecule is O=c1c(=C2C3CC4CC(C3)CC2C4)c(=O)c1=C1C2CC3CC(C2)CC1C3. The molecule has 8 aliphatic carbocycles. The van der Waals surface area contributed by atoms with E-state index in [2.05, 4.69) is 0 Å². The molecule has 8 aliphatic rings. The van der Waals surface area contributed by atoms with Gasteiger partial charge in [0, 0.05) is 0 Å². The lowest BCUT2D eigenvalue weighted by molar-refractivity contribution is 0.0934. The maximum absolute atomic E-state index is 13.3. The van der Waals surface area contributed by atoms with Gasteiger partial charge in [-0.25, -0.2) is 0 Å². The topological polar surface area (TPSA) is 34.1 Å². The van der Waals surface area contributed by atoms with Crippen molar-refractivity contribution in [3.05, 3.63) is 30.9 Å². The van der Waals surface area contributed by atoms with Gasteiger partial charge >= 0.3 is 0 Å². The summed E-state index contributed by atoms with van der Waals surface area (Å²) in [5, 5.41) is 1.38. The molecule has 0 saturated heterocycles. The minimum absolute atomic E-state index is 0.181. The molecule has 2 nitrogen and oxygen atoms in total. The van der Waals surface area contributed by atoms with Gasteiger partial charge in [0.2, 0.25) is 10.9 Å². The first kappa shape index (κ1) is 14.8. The Kier molecular flexibility index (Phi) is 2.74. The van der Waals surface area contributed by atoms with E-state index in [1.807, 2.05) is 0 Å². The van der Waals surface area contributed by atoms with Crippen molar-refractivity contribution in [3.8, 4) is 0 Å². The third-order valence-electron chi connectivity index (χ3n) is 9.52. The molecule has 0 spiro atoms. The molecule has 136 valence electrons. The fourth-order valence-electron chi connectivity index (χ4n) is 9.12. The highest BCUT2D eigenvalue weighted by molar-refractivity contribution is 5.60. The summed E-state index contributed by atoms with van der Waals surface area (Å²) in [6.07, 6.45) is 12.9. The van der Waals surface area contributed by atoms with Crippen LogP contribution < -0.4 is 21.3 Å². The van der Waals surface area contributed by atoms with Crippen molar-refractivity contribution < 1.29 is 0 Å². The molecule has 9 rings (SSSR count). The van der Waals surface area contributed by atoms with Gasteiger partial charge in [-0.1, -0.05) is 0 Å². The Balaban J connectivity index is 1.42. The van der Waals surface area contributed by atoms with Crippen LogP contribution in [0.3, 0.4) is 0 Å². The van der Waals surface area contributed by atoms with Crippen molar-refractivity contribution in [2.24, 2.45) is 47.3 Å². The van der Waals surface area contributed by atoms with E-state index in [1.54, 1.807) is 0 Å². The lowest BCUT2D eigenvalue weighted by Crippen LogP contribution is -2.69. The van der Waals surface area contributed by atoms with Crippen molar-refractivity contribution in [3.63, 3.8) is 0 Å². The van der Waals surface area contributed by atoms with E-state index in [-0.39, 0.29) is 10.9 Å². The van der Waals surface area contributed by atoms with Gasteiger partial charge in [0.15, 0.2) is 0 Å². The first-order valence-corrected chi connectivity index (χ1v) is 11.2. The van der Waals surface area contributed by atoms with Crippen LogP contribution >= 0.6 is 0 Å². The van der Waals surface area contributed by atoms with Gasteiger partial charge in [-0.2, -0.15) is 0 Å². The standard InChI is InChI=1S/C24H28O2/c25-23-21(19-15-3-11-1-12(5-15)6-16(19)4-11)24(26)22(23)20-17-7-13-2-14(9-17)10-18(20)8-13/h11-18H,1-10H2. The summed E-state index contributed by atoms with van der Waals surface area (Å²) in [6.45, 7) is 0. The van der Waals surface area contributed by atoms with Crippen molar-refractivity contribution in [1.82, 2.24) is 0 Å². The van der Waals surface area contributed by atoms with Crippen LogP contribution in [0.4, 0.5) is 0 Å². The first-order chi connectivity index (χ1) is 12.7. The second-order valence-electron chi connectivity index (χ2n) is 10.9. The van der Waals surface area contributed by atoms with Gasteiger partial charge in [-0.15, -0.1) is 0 Å². The zero-order chi connectivity index (χ0) is 17.2. The van der Waals surface area contributed by atoms with Crippen LogP contribution in [0.2, 0.25) is 0 Å². The third kappa shape index (κ3) is 1.75. The quantitative estimate of drug-likeness (QED) is 0.722. The summed E-state index contributed by atoms with van der Waals surface area (Å²) < 4.78 is 0. The van der Waals surface area contributed by atoms with Gasteiger partial charge in [-0.3, -0.25) is 9.59 Å². The molecule has 0 aromatic heterocycles. The summed E-state index contributed by atoms with van der Waals surface area (Å²) in [4.78, 5) is 26.6.